The smallest absolute Gasteiger partial charge is 0.0897 e. The molecular formula is C18H35NO2. The molecule has 0 heterocycles. The van der Waals surface area contributed by atoms with Gasteiger partial charge in [-0.1, -0.05) is 33.6 Å². The molecule has 0 aromatic heterocycles. The van der Waals surface area contributed by atoms with Crippen molar-refractivity contribution in [2.24, 2.45) is 17.8 Å². The zero-order chi connectivity index (χ0) is 15.2. The van der Waals surface area contributed by atoms with E-state index in [0.29, 0.717) is 31.2 Å². The predicted octanol–water partition coefficient (Wildman–Crippen LogP) is 3.36. The van der Waals surface area contributed by atoms with Crippen molar-refractivity contribution < 1.29 is 9.84 Å². The van der Waals surface area contributed by atoms with E-state index in [9.17, 15) is 5.11 Å². The lowest BCUT2D eigenvalue weighted by Crippen LogP contribution is -2.44. The van der Waals surface area contributed by atoms with Gasteiger partial charge >= 0.3 is 0 Å². The molecule has 3 heteroatoms. The van der Waals surface area contributed by atoms with Crippen molar-refractivity contribution in [3.05, 3.63) is 0 Å². The first-order valence-corrected chi connectivity index (χ1v) is 9.09. The Bertz CT molecular complexity index is 289. The molecule has 21 heavy (non-hydrogen) atoms. The first-order valence-electron chi connectivity index (χ1n) is 9.09. The Morgan fingerprint density at radius 1 is 1.05 bits per heavy atom. The van der Waals surface area contributed by atoms with Crippen molar-refractivity contribution in [1.29, 1.82) is 0 Å². The Hall–Kier alpha value is -0.120. The second-order valence-electron chi connectivity index (χ2n) is 7.65. The van der Waals surface area contributed by atoms with Crippen LogP contribution >= 0.6 is 0 Å². The van der Waals surface area contributed by atoms with Crippen molar-refractivity contribution in [3.63, 3.8) is 0 Å². The average Bonchev–Trinajstić information content (AvgIpc) is 2.48. The molecule has 2 fully saturated rings. The lowest BCUT2D eigenvalue weighted by atomic mass is 9.78. The van der Waals surface area contributed by atoms with E-state index in [1.54, 1.807) is 0 Å². The van der Waals surface area contributed by atoms with Crippen LogP contribution in [0.15, 0.2) is 0 Å². The van der Waals surface area contributed by atoms with Crippen molar-refractivity contribution in [1.82, 2.24) is 5.32 Å². The summed E-state index contributed by atoms with van der Waals surface area (Å²) in [5.41, 5.74) is 0. The molecule has 2 N–H and O–H groups in total. The normalized spacial score (nSPS) is 39.1. The highest BCUT2D eigenvalue weighted by atomic mass is 16.5. The van der Waals surface area contributed by atoms with Gasteiger partial charge in [0.1, 0.15) is 0 Å². The largest absolute Gasteiger partial charge is 0.389 e. The van der Waals surface area contributed by atoms with Gasteiger partial charge in [-0.15, -0.1) is 0 Å². The van der Waals surface area contributed by atoms with Crippen LogP contribution < -0.4 is 5.32 Å². The fourth-order valence-corrected chi connectivity index (χ4v) is 3.86. The third-order valence-electron chi connectivity index (χ3n) is 5.81. The highest BCUT2D eigenvalue weighted by molar-refractivity contribution is 4.83. The van der Waals surface area contributed by atoms with Crippen LogP contribution in [0.2, 0.25) is 0 Å². The lowest BCUT2D eigenvalue weighted by Gasteiger charge is -2.35. The SMILES string of the molecule is CC1CCC(OCC(O)CNC2CCCC(C)C2C)CC1. The Kier molecular flexibility index (Phi) is 6.97. The van der Waals surface area contributed by atoms with Gasteiger partial charge in [0.25, 0.3) is 0 Å². The minimum absolute atomic E-state index is 0.367. The van der Waals surface area contributed by atoms with Crippen LogP contribution in [0.25, 0.3) is 0 Å². The van der Waals surface area contributed by atoms with Crippen molar-refractivity contribution >= 4 is 0 Å². The van der Waals surface area contributed by atoms with Crippen LogP contribution in [0.4, 0.5) is 0 Å². The van der Waals surface area contributed by atoms with Crippen molar-refractivity contribution in [2.45, 2.75) is 84.0 Å². The molecule has 0 amide bonds. The fourth-order valence-electron chi connectivity index (χ4n) is 3.86. The summed E-state index contributed by atoms with van der Waals surface area (Å²) in [5, 5.41) is 13.7. The number of aliphatic hydroxyl groups is 1. The van der Waals surface area contributed by atoms with Gasteiger partial charge in [-0.05, 0) is 49.9 Å². The lowest BCUT2D eigenvalue weighted by molar-refractivity contribution is -0.0293. The van der Waals surface area contributed by atoms with E-state index in [1.807, 2.05) is 0 Å². The molecule has 0 spiro atoms. The number of hydrogen-bond donors (Lipinski definition) is 2. The van der Waals surface area contributed by atoms with Gasteiger partial charge in [0.05, 0.1) is 18.8 Å². The zero-order valence-corrected chi connectivity index (χ0v) is 14.2. The molecule has 0 aromatic carbocycles. The maximum Gasteiger partial charge on any atom is 0.0897 e. The Balaban J connectivity index is 1.60. The second-order valence-corrected chi connectivity index (χ2v) is 7.65. The molecule has 2 saturated carbocycles. The predicted molar refractivity (Wildman–Crippen MR) is 87.3 cm³/mol. The van der Waals surface area contributed by atoms with Gasteiger partial charge in [-0.2, -0.15) is 0 Å². The van der Waals surface area contributed by atoms with E-state index in [1.165, 1.54) is 44.9 Å². The topological polar surface area (TPSA) is 41.5 Å². The monoisotopic (exact) mass is 297 g/mol. The van der Waals surface area contributed by atoms with E-state index < -0.39 is 0 Å². The standard InChI is InChI=1S/C18H35NO2/c1-13-7-9-17(10-8-13)21-12-16(20)11-19-18-6-4-5-14(2)15(18)3/h13-20H,4-12H2,1-3H3. The summed E-state index contributed by atoms with van der Waals surface area (Å²) >= 11 is 0. The molecule has 0 aromatic rings. The molecule has 0 radical (unpaired) electrons. The molecule has 2 aliphatic carbocycles. The van der Waals surface area contributed by atoms with Gasteiger partial charge in [0, 0.05) is 12.6 Å². The quantitative estimate of drug-likeness (QED) is 0.790. The third-order valence-corrected chi connectivity index (χ3v) is 5.81. The molecule has 0 saturated heterocycles. The van der Waals surface area contributed by atoms with Crippen molar-refractivity contribution in [3.8, 4) is 0 Å². The highest BCUT2D eigenvalue weighted by Gasteiger charge is 2.27. The Morgan fingerprint density at radius 3 is 2.48 bits per heavy atom. The van der Waals surface area contributed by atoms with Gasteiger partial charge < -0.3 is 15.2 Å². The van der Waals surface area contributed by atoms with Crippen LogP contribution in [0.5, 0.6) is 0 Å². The number of nitrogens with one attached hydrogen (secondary N) is 1. The van der Waals surface area contributed by atoms with E-state index in [4.69, 9.17) is 4.74 Å². The summed E-state index contributed by atoms with van der Waals surface area (Å²) in [7, 11) is 0. The summed E-state index contributed by atoms with van der Waals surface area (Å²) in [6, 6.07) is 0.568. The maximum atomic E-state index is 10.1. The van der Waals surface area contributed by atoms with E-state index >= 15 is 0 Å². The molecule has 4 unspecified atom stereocenters. The zero-order valence-electron chi connectivity index (χ0n) is 14.2. The molecular weight excluding hydrogens is 262 g/mol. The second kappa shape index (κ2) is 8.50. The summed E-state index contributed by atoms with van der Waals surface area (Å²) < 4.78 is 5.89. The minimum atomic E-state index is -0.367. The van der Waals surface area contributed by atoms with Crippen LogP contribution in [-0.4, -0.2) is 36.5 Å². The summed E-state index contributed by atoms with van der Waals surface area (Å²) in [6.45, 7) is 8.17. The molecule has 2 aliphatic rings. The van der Waals surface area contributed by atoms with E-state index in [-0.39, 0.29) is 6.10 Å². The third kappa shape index (κ3) is 5.54. The summed E-state index contributed by atoms with van der Waals surface area (Å²) in [5.74, 6) is 2.37. The number of rotatable bonds is 6. The Labute approximate surface area is 130 Å². The van der Waals surface area contributed by atoms with Crippen LogP contribution in [-0.2, 0) is 4.74 Å². The first kappa shape index (κ1) is 17.2. The highest BCUT2D eigenvalue weighted by Crippen LogP contribution is 2.29. The molecule has 124 valence electrons. The van der Waals surface area contributed by atoms with Crippen molar-refractivity contribution in [2.75, 3.05) is 13.2 Å². The van der Waals surface area contributed by atoms with Gasteiger partial charge in [-0.3, -0.25) is 0 Å². The van der Waals surface area contributed by atoms with E-state index in [0.717, 1.165) is 11.8 Å². The van der Waals surface area contributed by atoms with E-state index in [2.05, 4.69) is 26.1 Å². The van der Waals surface area contributed by atoms with Crippen LogP contribution in [0.1, 0.15) is 65.7 Å². The molecule has 3 nitrogen and oxygen atoms in total. The molecule has 4 atom stereocenters. The number of hydrogen-bond acceptors (Lipinski definition) is 3. The maximum absolute atomic E-state index is 10.1. The summed E-state index contributed by atoms with van der Waals surface area (Å²) in [6.07, 6.45) is 8.81. The van der Waals surface area contributed by atoms with Gasteiger partial charge in [-0.25, -0.2) is 0 Å². The van der Waals surface area contributed by atoms with Gasteiger partial charge in [0.2, 0.25) is 0 Å². The van der Waals surface area contributed by atoms with Crippen LogP contribution in [0.3, 0.4) is 0 Å². The fraction of sp³-hybridized carbons (Fsp3) is 1.00. The Morgan fingerprint density at radius 2 is 1.76 bits per heavy atom. The number of ether oxygens (including phenoxy) is 1. The first-order chi connectivity index (χ1) is 10.1. The number of aliphatic hydroxyl groups excluding tert-OH is 1. The molecule has 0 aliphatic heterocycles. The van der Waals surface area contributed by atoms with Gasteiger partial charge in [0.15, 0.2) is 0 Å². The molecule has 2 rings (SSSR count). The summed E-state index contributed by atoms with van der Waals surface area (Å²) in [4.78, 5) is 0. The molecule has 0 bridgehead atoms. The average molecular weight is 297 g/mol. The van der Waals surface area contributed by atoms with Crippen LogP contribution in [0, 0.1) is 17.8 Å². The minimum Gasteiger partial charge on any atom is -0.389 e.